The first kappa shape index (κ1) is 24.8. The van der Waals surface area contributed by atoms with Crippen LogP contribution in [0.5, 0.6) is 5.75 Å². The largest absolute Gasteiger partial charge is 0.497 e. The average molecular weight is 508 g/mol. The summed E-state index contributed by atoms with van der Waals surface area (Å²) >= 11 is 7.59. The van der Waals surface area contributed by atoms with Crippen molar-refractivity contribution < 1.29 is 9.53 Å². The van der Waals surface area contributed by atoms with Crippen molar-refractivity contribution in [3.8, 4) is 11.4 Å². The second kappa shape index (κ2) is 11.0. The summed E-state index contributed by atoms with van der Waals surface area (Å²) in [6.07, 6.45) is 0. The second-order valence-electron chi connectivity index (χ2n) is 7.86. The van der Waals surface area contributed by atoms with Crippen LogP contribution in [0, 0.1) is 0 Å². The Morgan fingerprint density at radius 2 is 1.83 bits per heavy atom. The third kappa shape index (κ3) is 5.36. The number of benzene rings is 3. The fraction of sp³-hybridized carbons (Fsp3) is 0.222. The molecule has 4 rings (SSSR count). The summed E-state index contributed by atoms with van der Waals surface area (Å²) in [4.78, 5) is 33.2. The maximum absolute atomic E-state index is 13.7. The van der Waals surface area contributed by atoms with Crippen LogP contribution >= 0.6 is 23.4 Å². The number of halogens is 1. The summed E-state index contributed by atoms with van der Waals surface area (Å²) in [6, 6.07) is 20.0. The zero-order valence-corrected chi connectivity index (χ0v) is 21.4. The molecule has 0 saturated heterocycles. The lowest BCUT2D eigenvalue weighted by Crippen LogP contribution is -2.30. The van der Waals surface area contributed by atoms with E-state index in [0.717, 1.165) is 5.56 Å². The number of methoxy groups -OCH3 is 1. The van der Waals surface area contributed by atoms with Gasteiger partial charge in [0.2, 0.25) is 0 Å². The molecular weight excluding hydrogens is 482 g/mol. The first-order chi connectivity index (χ1) is 16.9. The molecule has 35 heavy (non-hydrogen) atoms. The van der Waals surface area contributed by atoms with Gasteiger partial charge in [-0.15, -0.1) is 0 Å². The number of hydrogen-bond acceptors (Lipinski definition) is 5. The number of carbonyl (C=O) groups excluding carboxylic acids is 1. The zero-order valence-electron chi connectivity index (χ0n) is 19.8. The lowest BCUT2D eigenvalue weighted by molar-refractivity contribution is 0.0773. The highest BCUT2D eigenvalue weighted by Crippen LogP contribution is 2.27. The fourth-order valence-corrected chi connectivity index (χ4v) is 5.01. The maximum Gasteiger partial charge on any atom is 0.266 e. The van der Waals surface area contributed by atoms with Crippen LogP contribution in [0.2, 0.25) is 5.02 Å². The van der Waals surface area contributed by atoms with E-state index in [9.17, 15) is 9.59 Å². The van der Waals surface area contributed by atoms with Crippen LogP contribution in [0.3, 0.4) is 0 Å². The zero-order chi connectivity index (χ0) is 24.9. The van der Waals surface area contributed by atoms with Gasteiger partial charge in [0, 0.05) is 35.5 Å². The van der Waals surface area contributed by atoms with Crippen molar-refractivity contribution in [2.75, 3.05) is 20.2 Å². The number of amides is 1. The number of aromatic nitrogens is 2. The van der Waals surface area contributed by atoms with Gasteiger partial charge in [-0.3, -0.25) is 14.2 Å². The molecule has 0 unspecified atom stereocenters. The Hall–Kier alpha value is -3.29. The van der Waals surface area contributed by atoms with Crippen LogP contribution in [-0.2, 0) is 5.75 Å². The first-order valence-electron chi connectivity index (χ1n) is 11.3. The third-order valence-corrected chi connectivity index (χ3v) is 6.95. The number of nitrogens with zero attached hydrogens (tertiary/aromatic N) is 3. The summed E-state index contributed by atoms with van der Waals surface area (Å²) in [5.41, 5.74) is 2.46. The van der Waals surface area contributed by atoms with Gasteiger partial charge in [-0.25, -0.2) is 4.98 Å². The Kier molecular flexibility index (Phi) is 7.78. The Morgan fingerprint density at radius 1 is 1.06 bits per heavy atom. The van der Waals surface area contributed by atoms with E-state index in [0.29, 0.717) is 56.9 Å². The molecule has 1 amide bonds. The Balaban J connectivity index is 1.85. The van der Waals surface area contributed by atoms with Crippen LogP contribution in [0.15, 0.2) is 76.7 Å². The van der Waals surface area contributed by atoms with Crippen molar-refractivity contribution in [2.24, 2.45) is 0 Å². The molecular formula is C27H26ClN3O3S. The standard InChI is InChI=1S/C27H26ClN3O3S/c1-4-30(5-2)25(32)19-12-13-23-24(15-19)29-27(35-17-18-8-6-9-20(28)14-18)31(26(23)33)21-10-7-11-22(16-21)34-3/h6-16H,4-5,17H2,1-3H3. The molecule has 0 spiro atoms. The highest BCUT2D eigenvalue weighted by Gasteiger charge is 2.18. The van der Waals surface area contributed by atoms with E-state index in [4.69, 9.17) is 21.3 Å². The Bertz CT molecular complexity index is 1430. The van der Waals surface area contributed by atoms with Crippen molar-refractivity contribution in [3.63, 3.8) is 0 Å². The quantitative estimate of drug-likeness (QED) is 0.222. The Labute approximate surface area is 213 Å². The van der Waals surface area contributed by atoms with Gasteiger partial charge in [0.25, 0.3) is 11.5 Å². The van der Waals surface area contributed by atoms with E-state index < -0.39 is 0 Å². The predicted octanol–water partition coefficient (Wildman–Crippen LogP) is 5.82. The molecule has 0 fully saturated rings. The summed E-state index contributed by atoms with van der Waals surface area (Å²) in [6.45, 7) is 5.11. The molecule has 0 atom stereocenters. The summed E-state index contributed by atoms with van der Waals surface area (Å²) < 4.78 is 6.96. The van der Waals surface area contributed by atoms with Crippen LogP contribution in [0.4, 0.5) is 0 Å². The van der Waals surface area contributed by atoms with Gasteiger partial charge in [0.05, 0.1) is 23.7 Å². The molecule has 0 bridgehead atoms. The number of rotatable bonds is 8. The minimum absolute atomic E-state index is 0.0798. The second-order valence-corrected chi connectivity index (χ2v) is 9.24. The van der Waals surface area contributed by atoms with Crippen molar-refractivity contribution in [1.82, 2.24) is 14.5 Å². The summed E-state index contributed by atoms with van der Waals surface area (Å²) in [5, 5.41) is 1.61. The van der Waals surface area contributed by atoms with E-state index in [1.165, 1.54) is 11.8 Å². The smallest absolute Gasteiger partial charge is 0.266 e. The minimum atomic E-state index is -0.210. The van der Waals surface area contributed by atoms with Gasteiger partial charge in [-0.1, -0.05) is 41.6 Å². The number of carbonyl (C=O) groups is 1. The Morgan fingerprint density at radius 3 is 2.54 bits per heavy atom. The molecule has 3 aromatic carbocycles. The van der Waals surface area contributed by atoms with Gasteiger partial charge in [0.1, 0.15) is 5.75 Å². The topological polar surface area (TPSA) is 64.4 Å². The molecule has 0 N–H and O–H groups in total. The van der Waals surface area contributed by atoms with Crippen LogP contribution in [-0.4, -0.2) is 40.6 Å². The number of thioether (sulfide) groups is 1. The van der Waals surface area contributed by atoms with Crippen molar-refractivity contribution in [2.45, 2.75) is 24.8 Å². The minimum Gasteiger partial charge on any atom is -0.497 e. The van der Waals surface area contributed by atoms with Crippen molar-refractivity contribution in [3.05, 3.63) is 93.2 Å². The van der Waals surface area contributed by atoms with Gasteiger partial charge in [-0.05, 0) is 61.9 Å². The fourth-order valence-electron chi connectivity index (χ4n) is 3.84. The van der Waals surface area contributed by atoms with Crippen LogP contribution < -0.4 is 10.3 Å². The van der Waals surface area contributed by atoms with Gasteiger partial charge >= 0.3 is 0 Å². The molecule has 0 radical (unpaired) electrons. The lowest BCUT2D eigenvalue weighted by atomic mass is 10.1. The monoisotopic (exact) mass is 507 g/mol. The third-order valence-electron chi connectivity index (χ3n) is 5.70. The van der Waals surface area contributed by atoms with Gasteiger partial charge in [0.15, 0.2) is 5.16 Å². The highest BCUT2D eigenvalue weighted by molar-refractivity contribution is 7.98. The van der Waals surface area contributed by atoms with E-state index in [1.807, 2.05) is 56.3 Å². The van der Waals surface area contributed by atoms with E-state index in [-0.39, 0.29) is 11.5 Å². The molecule has 180 valence electrons. The van der Waals surface area contributed by atoms with E-state index in [2.05, 4.69) is 0 Å². The molecule has 0 aliphatic carbocycles. The molecule has 0 saturated carbocycles. The van der Waals surface area contributed by atoms with E-state index in [1.54, 1.807) is 40.8 Å². The number of hydrogen-bond donors (Lipinski definition) is 0. The summed E-state index contributed by atoms with van der Waals surface area (Å²) in [7, 11) is 1.59. The SMILES string of the molecule is CCN(CC)C(=O)c1ccc2c(=O)n(-c3cccc(OC)c3)c(SCc3cccc(Cl)c3)nc2c1. The maximum atomic E-state index is 13.7. The number of ether oxygens (including phenoxy) is 1. The van der Waals surface area contributed by atoms with Crippen molar-refractivity contribution in [1.29, 1.82) is 0 Å². The first-order valence-corrected chi connectivity index (χ1v) is 12.7. The summed E-state index contributed by atoms with van der Waals surface area (Å²) in [5.74, 6) is 1.13. The van der Waals surface area contributed by atoms with Crippen molar-refractivity contribution >= 4 is 40.2 Å². The normalized spacial score (nSPS) is 11.0. The van der Waals surface area contributed by atoms with Crippen LogP contribution in [0.25, 0.3) is 16.6 Å². The molecule has 6 nitrogen and oxygen atoms in total. The lowest BCUT2D eigenvalue weighted by Gasteiger charge is -2.19. The average Bonchev–Trinajstić information content (AvgIpc) is 2.88. The van der Waals surface area contributed by atoms with E-state index >= 15 is 0 Å². The molecule has 0 aliphatic heterocycles. The van der Waals surface area contributed by atoms with Crippen LogP contribution in [0.1, 0.15) is 29.8 Å². The molecule has 4 aromatic rings. The molecule has 8 heteroatoms. The molecule has 0 aliphatic rings. The molecule has 1 aromatic heterocycles. The molecule has 1 heterocycles. The highest BCUT2D eigenvalue weighted by atomic mass is 35.5. The predicted molar refractivity (Wildman–Crippen MR) is 142 cm³/mol. The van der Waals surface area contributed by atoms with Gasteiger partial charge in [-0.2, -0.15) is 0 Å². The van der Waals surface area contributed by atoms with Gasteiger partial charge < -0.3 is 9.64 Å². The number of fused-ring (bicyclic) bond motifs is 1.